The van der Waals surface area contributed by atoms with Gasteiger partial charge in [0.1, 0.15) is 26.2 Å². The molecule has 0 aromatic carbocycles. The van der Waals surface area contributed by atoms with Gasteiger partial charge in [0.25, 0.3) is 0 Å². The molecule has 4 unspecified atom stereocenters. The SMILES string of the molecule is C[NH+]1CCCN2CC[NH+](C)CCN(CCC1)CC[NH+](C)CC[NH+](C)CC[NH+](C)CC2. The summed E-state index contributed by atoms with van der Waals surface area (Å²) in [6.07, 6.45) is 2.68. The fourth-order valence-electron chi connectivity index (χ4n) is 4.75. The second-order valence-electron chi connectivity index (χ2n) is 10.7. The number of hydrogen-bond donors (Lipinski definition) is 5. The first-order valence-corrected chi connectivity index (χ1v) is 12.9. The van der Waals surface area contributed by atoms with E-state index in [-0.39, 0.29) is 0 Å². The van der Waals surface area contributed by atoms with Crippen LogP contribution < -0.4 is 24.5 Å². The Labute approximate surface area is 187 Å². The molecule has 2 aliphatic rings. The first-order chi connectivity index (χ1) is 14.4. The third-order valence-electron chi connectivity index (χ3n) is 7.53. The van der Waals surface area contributed by atoms with E-state index in [9.17, 15) is 0 Å². The quantitative estimate of drug-likeness (QED) is 0.247. The molecule has 4 atom stereocenters. The van der Waals surface area contributed by atoms with Crippen molar-refractivity contribution in [3.63, 3.8) is 0 Å². The normalized spacial score (nSPS) is 40.1. The van der Waals surface area contributed by atoms with Gasteiger partial charge in [-0.1, -0.05) is 0 Å². The predicted molar refractivity (Wildman–Crippen MR) is 125 cm³/mol. The van der Waals surface area contributed by atoms with E-state index in [1.807, 2.05) is 0 Å². The van der Waals surface area contributed by atoms with Gasteiger partial charge in [-0.15, -0.1) is 0 Å². The number of nitrogens with one attached hydrogen (secondary N) is 5. The van der Waals surface area contributed by atoms with Gasteiger partial charge in [0.05, 0.1) is 74.5 Å². The minimum atomic E-state index is 1.26. The molecule has 0 amide bonds. The van der Waals surface area contributed by atoms with Crippen molar-refractivity contribution in [2.45, 2.75) is 12.8 Å². The van der Waals surface area contributed by atoms with E-state index in [0.717, 1.165) is 0 Å². The second kappa shape index (κ2) is 14.7. The number of nitrogens with zero attached hydrogens (tertiary/aromatic N) is 2. The third-order valence-corrected chi connectivity index (χ3v) is 7.53. The lowest BCUT2D eigenvalue weighted by Gasteiger charge is -2.29. The molecule has 2 heterocycles. The van der Waals surface area contributed by atoms with Gasteiger partial charge < -0.3 is 24.5 Å². The summed E-state index contributed by atoms with van der Waals surface area (Å²) in [5, 5.41) is 0. The van der Waals surface area contributed by atoms with Gasteiger partial charge in [0, 0.05) is 52.1 Å². The topological polar surface area (TPSA) is 28.7 Å². The Balaban J connectivity index is 2.05. The fraction of sp³-hybridized carbons (Fsp3) is 1.00. The van der Waals surface area contributed by atoms with Gasteiger partial charge in [-0.05, 0) is 0 Å². The van der Waals surface area contributed by atoms with Crippen molar-refractivity contribution in [2.75, 3.05) is 140 Å². The first-order valence-electron chi connectivity index (χ1n) is 12.9. The monoisotopic (exact) mass is 430 g/mol. The molecule has 2 fully saturated rings. The average Bonchev–Trinajstić information content (AvgIpc) is 2.72. The Hall–Kier alpha value is -0.280. The molecular weight excluding hydrogens is 374 g/mol. The molecule has 178 valence electrons. The second-order valence-corrected chi connectivity index (χ2v) is 10.7. The lowest BCUT2D eigenvalue weighted by molar-refractivity contribution is -0.961. The summed E-state index contributed by atoms with van der Waals surface area (Å²) < 4.78 is 0. The molecule has 0 aromatic heterocycles. The molecule has 5 N–H and O–H groups in total. The van der Waals surface area contributed by atoms with Crippen LogP contribution in [0.3, 0.4) is 0 Å². The minimum Gasteiger partial charge on any atom is -0.337 e. The van der Waals surface area contributed by atoms with E-state index in [1.54, 1.807) is 24.5 Å². The van der Waals surface area contributed by atoms with Crippen LogP contribution in [0.4, 0.5) is 0 Å². The van der Waals surface area contributed by atoms with Crippen LogP contribution in [0.15, 0.2) is 0 Å². The predicted octanol–water partition coefficient (Wildman–Crippen LogP) is -7.03. The molecule has 0 radical (unpaired) electrons. The van der Waals surface area contributed by atoms with Crippen LogP contribution >= 0.6 is 0 Å². The van der Waals surface area contributed by atoms with Crippen molar-refractivity contribution in [1.29, 1.82) is 0 Å². The highest BCUT2D eigenvalue weighted by atomic mass is 15.3. The summed E-state index contributed by atoms with van der Waals surface area (Å²) in [6.45, 7) is 20.6. The fourth-order valence-corrected chi connectivity index (χ4v) is 4.75. The molecule has 2 rings (SSSR count). The Morgan fingerprint density at radius 2 is 0.600 bits per heavy atom. The van der Waals surface area contributed by atoms with E-state index in [0.29, 0.717) is 0 Å². The standard InChI is InChI=1S/C23H51N7/c1-24-8-6-10-29-20-16-26(3)14-12-25(2)13-15-27(4)17-21-30(11-7-9-24)23-19-28(5)18-22-29/h6-23H2,1-5H3/p+5. The minimum absolute atomic E-state index is 1.26. The number of likely N-dealkylation sites (N-methyl/N-ethyl adjacent to an activating group) is 4. The highest BCUT2D eigenvalue weighted by Crippen LogP contribution is 1.91. The maximum atomic E-state index is 2.77. The summed E-state index contributed by atoms with van der Waals surface area (Å²) in [6, 6.07) is 0. The maximum Gasteiger partial charge on any atom is 0.127 e. The van der Waals surface area contributed by atoms with Crippen LogP contribution in [-0.2, 0) is 0 Å². The van der Waals surface area contributed by atoms with E-state index in [4.69, 9.17) is 0 Å². The average molecular weight is 431 g/mol. The maximum absolute atomic E-state index is 2.77. The lowest BCUT2D eigenvalue weighted by atomic mass is 10.3. The number of quaternary nitrogens is 5. The molecule has 0 spiro atoms. The molecule has 2 aliphatic heterocycles. The van der Waals surface area contributed by atoms with Gasteiger partial charge in [-0.3, -0.25) is 9.80 Å². The summed E-state index contributed by atoms with van der Waals surface area (Å²) in [7, 11) is 12.0. The molecule has 0 saturated carbocycles. The van der Waals surface area contributed by atoms with Crippen molar-refractivity contribution in [3.05, 3.63) is 0 Å². The van der Waals surface area contributed by atoms with Crippen LogP contribution in [0.1, 0.15) is 12.8 Å². The summed E-state index contributed by atoms with van der Waals surface area (Å²) >= 11 is 0. The Kier molecular flexibility index (Phi) is 12.7. The Morgan fingerprint density at radius 1 is 0.333 bits per heavy atom. The van der Waals surface area contributed by atoms with E-state index in [2.05, 4.69) is 45.0 Å². The molecule has 2 saturated heterocycles. The zero-order valence-corrected chi connectivity index (χ0v) is 21.1. The van der Waals surface area contributed by atoms with Crippen molar-refractivity contribution in [3.8, 4) is 0 Å². The Bertz CT molecular complexity index is 396. The van der Waals surface area contributed by atoms with Crippen molar-refractivity contribution >= 4 is 0 Å². The molecule has 2 bridgehead atoms. The highest BCUT2D eigenvalue weighted by molar-refractivity contribution is 4.59. The van der Waals surface area contributed by atoms with Crippen LogP contribution in [0.5, 0.6) is 0 Å². The van der Waals surface area contributed by atoms with E-state index < -0.39 is 0 Å². The van der Waals surface area contributed by atoms with Crippen LogP contribution in [-0.4, -0.2) is 150 Å². The van der Waals surface area contributed by atoms with Gasteiger partial charge >= 0.3 is 0 Å². The smallest absolute Gasteiger partial charge is 0.127 e. The first kappa shape index (κ1) is 26.0. The summed E-state index contributed by atoms with van der Waals surface area (Å²) in [5.41, 5.74) is 0. The van der Waals surface area contributed by atoms with Crippen molar-refractivity contribution in [1.82, 2.24) is 9.80 Å². The zero-order valence-electron chi connectivity index (χ0n) is 21.1. The van der Waals surface area contributed by atoms with E-state index >= 15 is 0 Å². The summed E-state index contributed by atoms with van der Waals surface area (Å²) in [5.74, 6) is 0. The third kappa shape index (κ3) is 11.4. The summed E-state index contributed by atoms with van der Waals surface area (Å²) in [4.78, 5) is 14.1. The van der Waals surface area contributed by atoms with Crippen LogP contribution in [0.25, 0.3) is 0 Å². The molecule has 7 heteroatoms. The van der Waals surface area contributed by atoms with Gasteiger partial charge in [-0.2, -0.15) is 0 Å². The van der Waals surface area contributed by atoms with E-state index in [1.165, 1.54) is 118 Å². The Morgan fingerprint density at radius 3 is 0.967 bits per heavy atom. The van der Waals surface area contributed by atoms with Gasteiger partial charge in [0.2, 0.25) is 0 Å². The highest BCUT2D eigenvalue weighted by Gasteiger charge is 2.18. The van der Waals surface area contributed by atoms with Crippen molar-refractivity contribution in [2.24, 2.45) is 0 Å². The van der Waals surface area contributed by atoms with Crippen LogP contribution in [0, 0.1) is 0 Å². The molecule has 30 heavy (non-hydrogen) atoms. The number of rotatable bonds is 0. The number of fused-ring (bicyclic) bond motifs is 6. The van der Waals surface area contributed by atoms with Gasteiger partial charge in [0.15, 0.2) is 0 Å². The van der Waals surface area contributed by atoms with Crippen LogP contribution in [0.2, 0.25) is 0 Å². The zero-order chi connectivity index (χ0) is 21.8. The molecular formula is C23H56N7+5. The lowest BCUT2D eigenvalue weighted by Crippen LogP contribution is -3.21. The number of hydrogen-bond acceptors (Lipinski definition) is 2. The largest absolute Gasteiger partial charge is 0.337 e. The molecule has 0 aromatic rings. The van der Waals surface area contributed by atoms with Gasteiger partial charge in [-0.25, -0.2) is 0 Å². The van der Waals surface area contributed by atoms with Crippen molar-refractivity contribution < 1.29 is 24.5 Å². The molecule has 7 nitrogen and oxygen atoms in total. The molecule has 0 aliphatic carbocycles.